The smallest absolute Gasteiger partial charge is 0.440 e. The van der Waals surface area contributed by atoms with E-state index in [1.165, 1.54) is 18.3 Å². The van der Waals surface area contributed by atoms with Crippen molar-refractivity contribution >= 4 is 5.82 Å². The van der Waals surface area contributed by atoms with Crippen molar-refractivity contribution in [3.05, 3.63) is 46.1 Å². The molecule has 0 saturated heterocycles. The van der Waals surface area contributed by atoms with E-state index >= 15 is 0 Å². The lowest BCUT2D eigenvalue weighted by atomic mass is 10.0. The Morgan fingerprint density at radius 3 is 2.64 bits per heavy atom. The van der Waals surface area contributed by atoms with Crippen molar-refractivity contribution in [2.24, 2.45) is 5.92 Å². The Morgan fingerprint density at radius 1 is 1.32 bits per heavy atom. The molecule has 0 amide bonds. The lowest BCUT2D eigenvalue weighted by Gasteiger charge is -2.32. The van der Waals surface area contributed by atoms with Gasteiger partial charge in [0.05, 0.1) is 6.04 Å². The van der Waals surface area contributed by atoms with E-state index in [9.17, 15) is 23.3 Å². The fourth-order valence-electron chi connectivity index (χ4n) is 3.31. The summed E-state index contributed by atoms with van der Waals surface area (Å²) in [6.07, 6.45) is -1.48. The van der Waals surface area contributed by atoms with Crippen LogP contribution in [0.1, 0.15) is 18.4 Å². The summed E-state index contributed by atoms with van der Waals surface area (Å²) in [6, 6.07) is 5.78. The molecule has 2 heterocycles. The minimum absolute atomic E-state index is 0.0973. The molecule has 0 spiro atoms. The lowest BCUT2D eigenvalue weighted by Crippen LogP contribution is -2.49. The average molecular weight is 398 g/mol. The van der Waals surface area contributed by atoms with E-state index < -0.39 is 11.3 Å². The normalized spacial score (nSPS) is 21.7. The highest BCUT2D eigenvalue weighted by Gasteiger charge is 2.43. The molecule has 1 N–H and O–H groups in total. The molecular formula is C17H17F3N4O4. The van der Waals surface area contributed by atoms with Crippen molar-refractivity contribution in [1.29, 1.82) is 0 Å². The second-order valence-corrected chi connectivity index (χ2v) is 6.89. The number of halogens is 3. The zero-order valence-electron chi connectivity index (χ0n) is 14.6. The molecule has 2 atom stereocenters. The second kappa shape index (κ2) is 6.97. The Balaban J connectivity index is 1.42. The first kappa shape index (κ1) is 18.5. The van der Waals surface area contributed by atoms with Gasteiger partial charge in [-0.3, -0.25) is 4.57 Å². The summed E-state index contributed by atoms with van der Waals surface area (Å²) in [6.45, 7) is 0.877. The molecule has 0 bridgehead atoms. The van der Waals surface area contributed by atoms with E-state index in [4.69, 9.17) is 4.74 Å². The van der Waals surface area contributed by atoms with Crippen LogP contribution in [0.15, 0.2) is 30.5 Å². The van der Waals surface area contributed by atoms with Crippen LogP contribution in [0, 0.1) is 16.0 Å². The Bertz CT molecular complexity index is 864. The maximum Gasteiger partial charge on any atom is 0.573 e. The molecule has 1 aromatic heterocycles. The molecule has 1 fully saturated rings. The van der Waals surface area contributed by atoms with Gasteiger partial charge in [-0.25, -0.2) is 0 Å². The number of alkyl halides is 3. The molecule has 4 rings (SSSR count). The van der Waals surface area contributed by atoms with Gasteiger partial charge in [-0.05, 0) is 41.4 Å². The number of fused-ring (bicyclic) bond motifs is 1. The van der Waals surface area contributed by atoms with Crippen molar-refractivity contribution in [1.82, 2.24) is 14.9 Å². The molecule has 2 aromatic rings. The van der Waals surface area contributed by atoms with Gasteiger partial charge in [0.15, 0.2) is 0 Å². The molecule has 150 valence electrons. The highest BCUT2D eigenvalue weighted by Crippen LogP contribution is 2.39. The zero-order chi connectivity index (χ0) is 19.9. The monoisotopic (exact) mass is 398 g/mol. The molecule has 28 heavy (non-hydrogen) atoms. The summed E-state index contributed by atoms with van der Waals surface area (Å²) in [5.41, 5.74) is 0.784. The Kier molecular flexibility index (Phi) is 4.61. The summed E-state index contributed by atoms with van der Waals surface area (Å²) in [5.74, 6) is -0.168. The van der Waals surface area contributed by atoms with Crippen LogP contribution in [0.25, 0.3) is 0 Å². The predicted octanol–water partition coefficient (Wildman–Crippen LogP) is 3.02. The first-order valence-corrected chi connectivity index (χ1v) is 8.75. The minimum Gasteiger partial charge on any atom is -0.440 e. The van der Waals surface area contributed by atoms with Gasteiger partial charge < -0.3 is 24.9 Å². The van der Waals surface area contributed by atoms with Crippen LogP contribution in [-0.2, 0) is 13.1 Å². The third kappa shape index (κ3) is 4.19. The number of hydrogen-bond acceptors (Lipinski definition) is 6. The van der Waals surface area contributed by atoms with Crippen molar-refractivity contribution < 1.29 is 27.6 Å². The van der Waals surface area contributed by atoms with E-state index in [1.54, 1.807) is 16.7 Å². The summed E-state index contributed by atoms with van der Waals surface area (Å²) in [4.78, 5) is 14.3. The Labute approximate surface area is 157 Å². The average Bonchev–Trinajstić information content (AvgIpc) is 3.38. The lowest BCUT2D eigenvalue weighted by molar-refractivity contribution is -0.389. The first-order valence-electron chi connectivity index (χ1n) is 8.75. The maximum absolute atomic E-state index is 12.2. The van der Waals surface area contributed by atoms with E-state index in [2.05, 4.69) is 15.0 Å². The molecule has 1 unspecified atom stereocenters. The van der Waals surface area contributed by atoms with Crippen molar-refractivity contribution in [3.63, 3.8) is 0 Å². The highest BCUT2D eigenvalue weighted by atomic mass is 19.4. The summed E-state index contributed by atoms with van der Waals surface area (Å²) < 4.78 is 48.1. The quantitative estimate of drug-likeness (QED) is 0.594. The molecule has 1 saturated carbocycles. The van der Waals surface area contributed by atoms with Gasteiger partial charge in [-0.1, -0.05) is 12.1 Å². The number of nitrogens with one attached hydrogen (secondary N) is 1. The number of nitro groups is 1. The van der Waals surface area contributed by atoms with Gasteiger partial charge >= 0.3 is 18.2 Å². The highest BCUT2D eigenvalue weighted by molar-refractivity contribution is 5.27. The van der Waals surface area contributed by atoms with Gasteiger partial charge in [0, 0.05) is 18.1 Å². The number of aromatic nitrogens is 2. The molecule has 8 nitrogen and oxygen atoms in total. The molecule has 1 aliphatic carbocycles. The van der Waals surface area contributed by atoms with Gasteiger partial charge in [0.1, 0.15) is 18.1 Å². The van der Waals surface area contributed by atoms with Crippen LogP contribution in [0.4, 0.5) is 19.0 Å². The third-order valence-electron chi connectivity index (χ3n) is 4.76. The number of hydrogen-bond donors (Lipinski definition) is 1. The zero-order valence-corrected chi connectivity index (χ0v) is 14.6. The Morgan fingerprint density at radius 2 is 2.04 bits per heavy atom. The number of rotatable bonds is 6. The maximum atomic E-state index is 12.2. The van der Waals surface area contributed by atoms with Crippen LogP contribution >= 0.6 is 0 Å². The predicted molar refractivity (Wildman–Crippen MR) is 89.8 cm³/mol. The Hall–Kier alpha value is -2.82. The SMILES string of the molecule is O=[N+]([O-])c1cn2c(n1)O[C@@H](C1CC1)C(NCc1ccc(OC(F)(F)F)cc1)C2. The van der Waals surface area contributed by atoms with Crippen LogP contribution in [0.5, 0.6) is 11.8 Å². The third-order valence-corrected chi connectivity index (χ3v) is 4.76. The molecule has 1 aromatic carbocycles. The minimum atomic E-state index is -4.72. The number of nitrogens with zero attached hydrogens (tertiary/aromatic N) is 3. The van der Waals surface area contributed by atoms with E-state index in [0.29, 0.717) is 19.0 Å². The van der Waals surface area contributed by atoms with E-state index in [1.807, 2.05) is 0 Å². The standard InChI is InChI=1S/C17H17F3N4O4/c18-17(19,20)28-12-5-1-10(2-6-12)7-21-13-8-23-9-14(24(25)26)22-16(23)27-15(13)11-3-4-11/h1-2,5-6,9,11,13,15,21H,3-4,7-8H2/t13?,15-/m0/s1. The van der Waals surface area contributed by atoms with Crippen molar-refractivity contribution in [3.8, 4) is 11.8 Å². The fraction of sp³-hybridized carbons (Fsp3) is 0.471. The van der Waals surface area contributed by atoms with Crippen molar-refractivity contribution in [2.45, 2.75) is 44.4 Å². The van der Waals surface area contributed by atoms with Gasteiger partial charge in [0.25, 0.3) is 0 Å². The summed E-state index contributed by atoms with van der Waals surface area (Å²) in [5, 5.41) is 14.3. The van der Waals surface area contributed by atoms with Gasteiger partial charge in [-0.2, -0.15) is 0 Å². The van der Waals surface area contributed by atoms with Crippen LogP contribution in [-0.4, -0.2) is 33.0 Å². The molecule has 11 heteroatoms. The van der Waals surface area contributed by atoms with Gasteiger partial charge in [-0.15, -0.1) is 13.2 Å². The number of ether oxygens (including phenoxy) is 2. The summed E-state index contributed by atoms with van der Waals surface area (Å²) >= 11 is 0. The largest absolute Gasteiger partial charge is 0.573 e. The topological polar surface area (TPSA) is 91.5 Å². The van der Waals surface area contributed by atoms with Gasteiger partial charge in [0.2, 0.25) is 0 Å². The first-order chi connectivity index (χ1) is 13.3. The number of imidazole rings is 1. The second-order valence-electron chi connectivity index (χ2n) is 6.89. The van der Waals surface area contributed by atoms with E-state index in [0.717, 1.165) is 18.4 Å². The van der Waals surface area contributed by atoms with Crippen LogP contribution in [0.3, 0.4) is 0 Å². The molecular weight excluding hydrogens is 381 g/mol. The van der Waals surface area contributed by atoms with Crippen molar-refractivity contribution in [2.75, 3.05) is 0 Å². The van der Waals surface area contributed by atoms with Crippen LogP contribution in [0.2, 0.25) is 0 Å². The van der Waals surface area contributed by atoms with Crippen LogP contribution < -0.4 is 14.8 Å². The van der Waals surface area contributed by atoms with E-state index in [-0.39, 0.29) is 29.7 Å². The fourth-order valence-corrected chi connectivity index (χ4v) is 3.31. The molecule has 2 aliphatic rings. The number of benzene rings is 1. The molecule has 0 radical (unpaired) electrons. The summed E-state index contributed by atoms with van der Waals surface area (Å²) in [7, 11) is 0. The molecule has 1 aliphatic heterocycles.